The van der Waals surface area contributed by atoms with Crippen molar-refractivity contribution in [3.8, 4) is 11.1 Å². The summed E-state index contributed by atoms with van der Waals surface area (Å²) in [7, 11) is 0. The highest BCUT2D eigenvalue weighted by molar-refractivity contribution is 5.88. The Morgan fingerprint density at radius 2 is 1.93 bits per heavy atom. The van der Waals surface area contributed by atoms with E-state index < -0.39 is 0 Å². The van der Waals surface area contributed by atoms with E-state index in [2.05, 4.69) is 51.3 Å². The summed E-state index contributed by atoms with van der Waals surface area (Å²) in [6.07, 6.45) is 1.78. The number of hydrogen-bond donors (Lipinski definition) is 1. The van der Waals surface area contributed by atoms with Gasteiger partial charge in [0.15, 0.2) is 0 Å². The Balaban J connectivity index is 1.58. The fourth-order valence-electron chi connectivity index (χ4n) is 3.85. The molecule has 6 heteroatoms. The highest BCUT2D eigenvalue weighted by atomic mass is 16.5. The maximum Gasteiger partial charge on any atom is 0.222 e. The fraction of sp³-hybridized carbons (Fsp3) is 0.174. The lowest BCUT2D eigenvalue weighted by molar-refractivity contribution is -0.114. The van der Waals surface area contributed by atoms with Gasteiger partial charge in [0.2, 0.25) is 5.91 Å². The van der Waals surface area contributed by atoms with E-state index in [4.69, 9.17) is 9.72 Å². The molecule has 4 aromatic rings. The van der Waals surface area contributed by atoms with Crippen LogP contribution in [0.25, 0.3) is 22.2 Å². The smallest absolute Gasteiger partial charge is 0.222 e. The van der Waals surface area contributed by atoms with Crippen LogP contribution in [0.3, 0.4) is 0 Å². The maximum atomic E-state index is 11.2. The average Bonchev–Trinajstić information content (AvgIpc) is 3.12. The van der Waals surface area contributed by atoms with Crippen molar-refractivity contribution in [3.63, 3.8) is 0 Å². The number of amides is 1. The molecule has 0 aliphatic carbocycles. The molecule has 0 saturated carbocycles. The van der Waals surface area contributed by atoms with Crippen molar-refractivity contribution in [2.45, 2.75) is 19.6 Å². The van der Waals surface area contributed by atoms with E-state index in [0.717, 1.165) is 28.0 Å². The summed E-state index contributed by atoms with van der Waals surface area (Å²) >= 11 is 0. The van der Waals surface area contributed by atoms with Crippen LogP contribution in [0.4, 0.5) is 5.82 Å². The summed E-state index contributed by atoms with van der Waals surface area (Å²) in [5.74, 6) is 1.36. The van der Waals surface area contributed by atoms with Gasteiger partial charge in [-0.15, -0.1) is 0 Å². The van der Waals surface area contributed by atoms with Crippen LogP contribution in [-0.2, 0) is 16.1 Å². The topological polar surface area (TPSA) is 69.0 Å². The molecule has 2 aromatic carbocycles. The third-order valence-electron chi connectivity index (χ3n) is 5.17. The van der Waals surface area contributed by atoms with E-state index >= 15 is 0 Å². The van der Waals surface area contributed by atoms with Crippen LogP contribution >= 0.6 is 0 Å². The first-order chi connectivity index (χ1) is 14.2. The second-order valence-electron chi connectivity index (χ2n) is 7.16. The molecule has 2 aromatic heterocycles. The molecule has 1 atom stereocenters. The molecule has 0 fully saturated rings. The van der Waals surface area contributed by atoms with Crippen molar-refractivity contribution in [3.05, 3.63) is 78.2 Å². The van der Waals surface area contributed by atoms with E-state index in [1.807, 2.05) is 24.3 Å². The molecule has 1 unspecified atom stereocenters. The largest absolute Gasteiger partial charge is 0.371 e. The summed E-state index contributed by atoms with van der Waals surface area (Å²) in [6, 6.07) is 20.5. The molecule has 1 N–H and O–H groups in total. The third-order valence-corrected chi connectivity index (χ3v) is 5.17. The Morgan fingerprint density at radius 1 is 1.10 bits per heavy atom. The molecule has 0 radical (unpaired) electrons. The van der Waals surface area contributed by atoms with E-state index in [1.54, 1.807) is 6.20 Å². The van der Waals surface area contributed by atoms with Crippen molar-refractivity contribution in [1.82, 2.24) is 14.5 Å². The second-order valence-corrected chi connectivity index (χ2v) is 7.16. The van der Waals surface area contributed by atoms with Crippen LogP contribution in [0.2, 0.25) is 0 Å². The Morgan fingerprint density at radius 3 is 2.69 bits per heavy atom. The number of hydrogen-bond acceptors (Lipinski definition) is 4. The summed E-state index contributed by atoms with van der Waals surface area (Å²) in [4.78, 5) is 20.3. The lowest BCUT2D eigenvalue weighted by Crippen LogP contribution is -2.24. The quantitative estimate of drug-likeness (QED) is 0.575. The number of rotatable bonds is 3. The summed E-state index contributed by atoms with van der Waals surface area (Å²) < 4.78 is 8.11. The minimum atomic E-state index is -0.133. The van der Waals surface area contributed by atoms with Crippen molar-refractivity contribution in [1.29, 1.82) is 0 Å². The van der Waals surface area contributed by atoms with Gasteiger partial charge in [-0.05, 0) is 35.4 Å². The Kier molecular flexibility index (Phi) is 4.33. The first-order valence-corrected chi connectivity index (χ1v) is 9.56. The number of fused-ring (bicyclic) bond motifs is 3. The van der Waals surface area contributed by atoms with Crippen LogP contribution in [-0.4, -0.2) is 27.0 Å². The first-order valence-electron chi connectivity index (χ1n) is 9.56. The maximum absolute atomic E-state index is 11.2. The zero-order valence-electron chi connectivity index (χ0n) is 16.0. The van der Waals surface area contributed by atoms with Crippen LogP contribution in [0.5, 0.6) is 0 Å². The molecule has 29 heavy (non-hydrogen) atoms. The summed E-state index contributed by atoms with van der Waals surface area (Å²) in [6.45, 7) is 2.61. The number of nitrogens with zero attached hydrogens (tertiary/aromatic N) is 3. The van der Waals surface area contributed by atoms with Gasteiger partial charge in [0, 0.05) is 18.7 Å². The average molecular weight is 384 g/mol. The minimum absolute atomic E-state index is 0.0977. The number of imidazole rings is 1. The molecule has 0 saturated heterocycles. The van der Waals surface area contributed by atoms with Gasteiger partial charge in [-0.3, -0.25) is 4.79 Å². The van der Waals surface area contributed by atoms with Gasteiger partial charge in [-0.2, -0.15) is 0 Å². The van der Waals surface area contributed by atoms with Crippen LogP contribution in [0.1, 0.15) is 24.4 Å². The first kappa shape index (κ1) is 17.6. The lowest BCUT2D eigenvalue weighted by Gasteiger charge is -2.26. The number of anilines is 1. The number of benzene rings is 2. The molecule has 5 rings (SSSR count). The molecule has 0 bridgehead atoms. The normalized spacial score (nSPS) is 15.8. The van der Waals surface area contributed by atoms with E-state index in [0.29, 0.717) is 19.0 Å². The van der Waals surface area contributed by atoms with Crippen LogP contribution in [0.15, 0.2) is 66.9 Å². The molecule has 6 nitrogen and oxygen atoms in total. The van der Waals surface area contributed by atoms with Gasteiger partial charge in [0.25, 0.3) is 0 Å². The third kappa shape index (κ3) is 3.28. The van der Waals surface area contributed by atoms with Crippen molar-refractivity contribution >= 4 is 22.8 Å². The summed E-state index contributed by atoms with van der Waals surface area (Å²) in [5, 5.41) is 2.70. The number of pyridine rings is 1. The van der Waals surface area contributed by atoms with Gasteiger partial charge < -0.3 is 14.6 Å². The molecule has 1 aliphatic rings. The monoisotopic (exact) mass is 384 g/mol. The highest BCUT2D eigenvalue weighted by Gasteiger charge is 2.25. The summed E-state index contributed by atoms with van der Waals surface area (Å²) in [5.41, 5.74) is 5.29. The molecule has 144 valence electrons. The fourth-order valence-corrected chi connectivity index (χ4v) is 3.85. The number of carbonyl (C=O) groups is 1. The second kappa shape index (κ2) is 7.14. The zero-order valence-corrected chi connectivity index (χ0v) is 16.0. The van der Waals surface area contributed by atoms with Crippen molar-refractivity contribution in [2.24, 2.45) is 0 Å². The van der Waals surface area contributed by atoms with E-state index in [9.17, 15) is 4.79 Å². The van der Waals surface area contributed by atoms with E-state index in [-0.39, 0.29) is 11.9 Å². The molecular formula is C23H20N4O2. The molecule has 0 spiro atoms. The number of ether oxygens (including phenoxy) is 1. The van der Waals surface area contributed by atoms with E-state index in [1.165, 1.54) is 12.5 Å². The van der Waals surface area contributed by atoms with Gasteiger partial charge in [0.1, 0.15) is 18.2 Å². The Bertz CT molecular complexity index is 1180. The van der Waals surface area contributed by atoms with Crippen molar-refractivity contribution < 1.29 is 9.53 Å². The standard InChI is InChI=1S/C23H20N4O2/c1-15(28)25-22-10-8-18(12-24-22)17-7-9-19-20(11-17)27-21(13-29-14-23(27)26-19)16-5-3-2-4-6-16/h2-12,21H,13-14H2,1H3,(H,24,25,28). The van der Waals surface area contributed by atoms with Crippen LogP contribution < -0.4 is 5.32 Å². The van der Waals surface area contributed by atoms with Gasteiger partial charge >= 0.3 is 0 Å². The van der Waals surface area contributed by atoms with Crippen LogP contribution in [0, 0.1) is 0 Å². The molecule has 1 aliphatic heterocycles. The number of aromatic nitrogens is 3. The Labute approximate surface area is 168 Å². The minimum Gasteiger partial charge on any atom is -0.371 e. The SMILES string of the molecule is CC(=O)Nc1ccc(-c2ccc3nc4n(c3c2)C(c2ccccc2)COC4)cn1. The lowest BCUT2D eigenvalue weighted by atomic mass is 10.0. The van der Waals surface area contributed by atoms with Crippen molar-refractivity contribution in [2.75, 3.05) is 11.9 Å². The number of nitrogens with one attached hydrogen (secondary N) is 1. The van der Waals surface area contributed by atoms with Gasteiger partial charge in [0.05, 0.1) is 23.7 Å². The highest BCUT2D eigenvalue weighted by Crippen LogP contribution is 2.32. The molecule has 3 heterocycles. The predicted octanol–water partition coefficient (Wildman–Crippen LogP) is 4.18. The molecular weight excluding hydrogens is 364 g/mol. The zero-order chi connectivity index (χ0) is 19.8. The Hall–Kier alpha value is -3.51. The van der Waals surface area contributed by atoms with Gasteiger partial charge in [-0.1, -0.05) is 36.4 Å². The molecule has 1 amide bonds. The van der Waals surface area contributed by atoms with Gasteiger partial charge in [-0.25, -0.2) is 9.97 Å². The number of carbonyl (C=O) groups excluding carboxylic acids is 1. The predicted molar refractivity (Wildman–Crippen MR) is 112 cm³/mol.